The van der Waals surface area contributed by atoms with Gasteiger partial charge in [0.05, 0.1) is 5.69 Å². The molecule has 0 saturated carbocycles. The topological polar surface area (TPSA) is 50.4 Å². The molecule has 4 nitrogen and oxygen atoms in total. The number of hydrogen-bond acceptors (Lipinski definition) is 3. The average molecular weight is 332 g/mol. The fourth-order valence-corrected chi connectivity index (χ4v) is 2.68. The smallest absolute Gasteiger partial charge is 0.262 e. The van der Waals surface area contributed by atoms with Crippen LogP contribution in [0.5, 0.6) is 5.75 Å². The number of carbonyl (C=O) groups excluding carboxylic acids is 1. The standard InChI is InChI=1S/C18H18F2N2O2/c1-11-2-4-14(19)16(8-11)24-10-17(23)22-15-5-3-12-9-21-7-6-13(12)18(15)20/h2-5,8,21H,6-7,9-10H2,1H3,(H,22,23). The molecule has 0 aromatic heterocycles. The van der Waals surface area contributed by atoms with Crippen LogP contribution in [0.3, 0.4) is 0 Å². The second-order valence-corrected chi connectivity index (χ2v) is 5.76. The zero-order chi connectivity index (χ0) is 17.1. The van der Waals surface area contributed by atoms with E-state index in [1.165, 1.54) is 18.2 Å². The summed E-state index contributed by atoms with van der Waals surface area (Å²) in [5, 5.41) is 5.65. The Morgan fingerprint density at radius 2 is 2.12 bits per heavy atom. The Hall–Kier alpha value is -2.47. The van der Waals surface area contributed by atoms with E-state index in [0.29, 0.717) is 25.1 Å². The van der Waals surface area contributed by atoms with E-state index in [2.05, 4.69) is 10.6 Å². The molecule has 24 heavy (non-hydrogen) atoms. The molecule has 0 fully saturated rings. The molecule has 6 heteroatoms. The molecule has 0 spiro atoms. The summed E-state index contributed by atoms with van der Waals surface area (Å²) in [5.74, 6) is -1.49. The normalized spacial score (nSPS) is 13.3. The first kappa shape index (κ1) is 16.4. The van der Waals surface area contributed by atoms with Gasteiger partial charge in [-0.15, -0.1) is 0 Å². The zero-order valence-electron chi connectivity index (χ0n) is 13.3. The number of halogens is 2. The summed E-state index contributed by atoms with van der Waals surface area (Å²) in [7, 11) is 0. The van der Waals surface area contributed by atoms with Gasteiger partial charge in [-0.1, -0.05) is 12.1 Å². The molecule has 1 amide bonds. The molecule has 0 radical (unpaired) electrons. The van der Waals surface area contributed by atoms with Crippen molar-refractivity contribution in [1.29, 1.82) is 0 Å². The second kappa shape index (κ2) is 6.97. The van der Waals surface area contributed by atoms with Crippen LogP contribution in [0.15, 0.2) is 30.3 Å². The Kier molecular flexibility index (Phi) is 4.76. The van der Waals surface area contributed by atoms with E-state index in [-0.39, 0.29) is 11.4 Å². The number of aryl methyl sites for hydroxylation is 1. The third-order valence-electron chi connectivity index (χ3n) is 3.93. The number of hydrogen-bond donors (Lipinski definition) is 2. The molecule has 0 saturated heterocycles. The number of carbonyl (C=O) groups is 1. The van der Waals surface area contributed by atoms with Crippen LogP contribution in [0.25, 0.3) is 0 Å². The highest BCUT2D eigenvalue weighted by atomic mass is 19.1. The van der Waals surface area contributed by atoms with Gasteiger partial charge < -0.3 is 15.4 Å². The van der Waals surface area contributed by atoms with Crippen LogP contribution in [0.1, 0.15) is 16.7 Å². The second-order valence-electron chi connectivity index (χ2n) is 5.76. The van der Waals surface area contributed by atoms with Crippen LogP contribution >= 0.6 is 0 Å². The maximum absolute atomic E-state index is 14.5. The van der Waals surface area contributed by atoms with Gasteiger partial charge in [-0.25, -0.2) is 8.78 Å². The molecule has 0 unspecified atom stereocenters. The molecule has 126 valence electrons. The van der Waals surface area contributed by atoms with Gasteiger partial charge in [0.25, 0.3) is 5.91 Å². The van der Waals surface area contributed by atoms with E-state index in [1.807, 2.05) is 0 Å². The number of ether oxygens (including phenoxy) is 1. The number of anilines is 1. The lowest BCUT2D eigenvalue weighted by Gasteiger charge is -2.19. The molecule has 2 N–H and O–H groups in total. The van der Waals surface area contributed by atoms with Gasteiger partial charge in [0, 0.05) is 6.54 Å². The number of nitrogens with one attached hydrogen (secondary N) is 2. The van der Waals surface area contributed by atoms with Gasteiger partial charge >= 0.3 is 0 Å². The average Bonchev–Trinajstić information content (AvgIpc) is 2.58. The Bertz CT molecular complexity index is 778. The summed E-state index contributed by atoms with van der Waals surface area (Å²) in [6.45, 7) is 2.73. The zero-order valence-corrected chi connectivity index (χ0v) is 13.3. The van der Waals surface area contributed by atoms with Gasteiger partial charge in [0.2, 0.25) is 0 Å². The fourth-order valence-electron chi connectivity index (χ4n) is 2.68. The third-order valence-corrected chi connectivity index (χ3v) is 3.93. The Morgan fingerprint density at radius 3 is 2.96 bits per heavy atom. The predicted molar refractivity (Wildman–Crippen MR) is 87.1 cm³/mol. The monoisotopic (exact) mass is 332 g/mol. The van der Waals surface area contributed by atoms with Crippen LogP contribution < -0.4 is 15.4 Å². The molecule has 1 heterocycles. The van der Waals surface area contributed by atoms with Gasteiger partial charge in [0.1, 0.15) is 5.82 Å². The van der Waals surface area contributed by atoms with Gasteiger partial charge in [0.15, 0.2) is 18.2 Å². The summed E-state index contributed by atoms with van der Waals surface area (Å²) >= 11 is 0. The minimum Gasteiger partial charge on any atom is -0.481 e. The van der Waals surface area contributed by atoms with Crippen molar-refractivity contribution in [3.05, 3.63) is 58.7 Å². The van der Waals surface area contributed by atoms with Gasteiger partial charge in [-0.2, -0.15) is 0 Å². The minimum atomic E-state index is -0.541. The maximum atomic E-state index is 14.5. The molecule has 0 atom stereocenters. The Balaban J connectivity index is 1.66. The van der Waals surface area contributed by atoms with Crippen molar-refractivity contribution in [3.63, 3.8) is 0 Å². The van der Waals surface area contributed by atoms with Crippen molar-refractivity contribution < 1.29 is 18.3 Å². The number of benzene rings is 2. The number of rotatable bonds is 4. The molecular formula is C18H18F2N2O2. The first-order chi connectivity index (χ1) is 11.5. The van der Waals surface area contributed by atoms with E-state index in [4.69, 9.17) is 4.74 Å². The third kappa shape index (κ3) is 3.54. The first-order valence-electron chi connectivity index (χ1n) is 7.74. The summed E-state index contributed by atoms with van der Waals surface area (Å²) in [5.41, 5.74) is 2.46. The maximum Gasteiger partial charge on any atom is 0.262 e. The predicted octanol–water partition coefficient (Wildman–Crippen LogP) is 2.94. The van der Waals surface area contributed by atoms with Crippen LogP contribution in [-0.2, 0) is 17.8 Å². The Morgan fingerprint density at radius 1 is 1.29 bits per heavy atom. The largest absolute Gasteiger partial charge is 0.481 e. The molecule has 0 aliphatic carbocycles. The molecule has 3 rings (SSSR count). The highest BCUT2D eigenvalue weighted by Crippen LogP contribution is 2.24. The number of fused-ring (bicyclic) bond motifs is 1. The first-order valence-corrected chi connectivity index (χ1v) is 7.74. The fraction of sp³-hybridized carbons (Fsp3) is 0.278. The SMILES string of the molecule is Cc1ccc(F)c(OCC(=O)Nc2ccc3c(c2F)CCNC3)c1. The molecule has 1 aliphatic rings. The van der Waals surface area contributed by atoms with Crippen molar-refractivity contribution in [2.45, 2.75) is 19.9 Å². The van der Waals surface area contributed by atoms with Gasteiger partial charge in [-0.3, -0.25) is 4.79 Å². The quantitative estimate of drug-likeness (QED) is 0.905. The van der Waals surface area contributed by atoms with Crippen molar-refractivity contribution in [2.24, 2.45) is 0 Å². The number of amides is 1. The van der Waals surface area contributed by atoms with Gasteiger partial charge in [-0.05, 0) is 54.8 Å². The summed E-state index contributed by atoms with van der Waals surface area (Å²) < 4.78 is 33.2. The van der Waals surface area contributed by atoms with Crippen LogP contribution in [0.2, 0.25) is 0 Å². The van der Waals surface area contributed by atoms with Crippen LogP contribution in [-0.4, -0.2) is 19.1 Å². The summed E-state index contributed by atoms with van der Waals surface area (Å²) in [4.78, 5) is 12.0. The molecule has 0 bridgehead atoms. The van der Waals surface area contributed by atoms with E-state index in [9.17, 15) is 13.6 Å². The lowest BCUT2D eigenvalue weighted by molar-refractivity contribution is -0.118. The van der Waals surface area contributed by atoms with E-state index in [1.54, 1.807) is 19.1 Å². The van der Waals surface area contributed by atoms with Crippen molar-refractivity contribution in [3.8, 4) is 5.75 Å². The highest BCUT2D eigenvalue weighted by Gasteiger charge is 2.17. The van der Waals surface area contributed by atoms with Crippen molar-refractivity contribution >= 4 is 11.6 Å². The van der Waals surface area contributed by atoms with Crippen LogP contribution in [0.4, 0.5) is 14.5 Å². The van der Waals surface area contributed by atoms with E-state index >= 15 is 0 Å². The van der Waals surface area contributed by atoms with Crippen molar-refractivity contribution in [1.82, 2.24) is 5.32 Å². The van der Waals surface area contributed by atoms with E-state index < -0.39 is 24.1 Å². The molecule has 2 aromatic rings. The molecule has 1 aliphatic heterocycles. The highest BCUT2D eigenvalue weighted by molar-refractivity contribution is 5.92. The summed E-state index contributed by atoms with van der Waals surface area (Å²) in [6.07, 6.45) is 0.579. The Labute approximate surface area is 138 Å². The molecule has 2 aromatic carbocycles. The van der Waals surface area contributed by atoms with Crippen LogP contribution in [0, 0.1) is 18.6 Å². The lowest BCUT2D eigenvalue weighted by Crippen LogP contribution is -2.26. The lowest BCUT2D eigenvalue weighted by atomic mass is 9.99. The molecular weight excluding hydrogens is 314 g/mol. The van der Waals surface area contributed by atoms with Crippen molar-refractivity contribution in [2.75, 3.05) is 18.5 Å². The minimum absolute atomic E-state index is 0.00198. The van der Waals surface area contributed by atoms with E-state index in [0.717, 1.165) is 11.1 Å². The summed E-state index contributed by atoms with van der Waals surface area (Å²) in [6, 6.07) is 7.72.